The number of benzene rings is 2. The van der Waals surface area contributed by atoms with Crippen LogP contribution >= 0.6 is 11.6 Å². The van der Waals surface area contributed by atoms with Gasteiger partial charge < -0.3 is 9.88 Å². The smallest absolute Gasteiger partial charge is 0.328 e. The summed E-state index contributed by atoms with van der Waals surface area (Å²) in [6.07, 6.45) is 3.72. The average Bonchev–Trinajstić information content (AvgIpc) is 3.14. The van der Waals surface area contributed by atoms with Crippen LogP contribution in [0.5, 0.6) is 0 Å². The van der Waals surface area contributed by atoms with Gasteiger partial charge in [-0.05, 0) is 30.7 Å². The normalized spacial score (nSPS) is 15.8. The summed E-state index contributed by atoms with van der Waals surface area (Å²) >= 11 is 6.31. The number of hydrogen-bond acceptors (Lipinski definition) is 2. The molecule has 2 heterocycles. The van der Waals surface area contributed by atoms with Crippen molar-refractivity contribution in [2.45, 2.75) is 13.5 Å². The number of halogens is 1. The van der Waals surface area contributed by atoms with Crippen LogP contribution in [-0.4, -0.2) is 28.0 Å². The van der Waals surface area contributed by atoms with Gasteiger partial charge in [-0.3, -0.25) is 9.69 Å². The van der Waals surface area contributed by atoms with E-state index >= 15 is 0 Å². The number of carbonyl (C=O) groups excluding carboxylic acids is 2. The number of aromatic nitrogens is 1. The van der Waals surface area contributed by atoms with Crippen LogP contribution in [0, 0.1) is 0 Å². The second kappa shape index (κ2) is 6.93. The van der Waals surface area contributed by atoms with Gasteiger partial charge in [0.25, 0.3) is 5.91 Å². The first-order valence-corrected chi connectivity index (χ1v) is 9.12. The van der Waals surface area contributed by atoms with Crippen molar-refractivity contribution in [2.75, 3.05) is 6.54 Å². The van der Waals surface area contributed by atoms with E-state index in [0.717, 1.165) is 22.0 Å². The fraction of sp³-hybridized carbons (Fsp3) is 0.143. The summed E-state index contributed by atoms with van der Waals surface area (Å²) in [7, 11) is 0. The molecule has 6 heteroatoms. The Morgan fingerprint density at radius 1 is 1.07 bits per heavy atom. The maximum atomic E-state index is 12.4. The van der Waals surface area contributed by atoms with Gasteiger partial charge in [0, 0.05) is 40.8 Å². The number of amides is 3. The van der Waals surface area contributed by atoms with Crippen molar-refractivity contribution in [3.05, 3.63) is 76.6 Å². The summed E-state index contributed by atoms with van der Waals surface area (Å²) in [5.41, 5.74) is 3.22. The van der Waals surface area contributed by atoms with Gasteiger partial charge in [0.2, 0.25) is 0 Å². The second-order valence-corrected chi connectivity index (χ2v) is 6.77. The lowest BCUT2D eigenvalue weighted by Gasteiger charge is -2.07. The lowest BCUT2D eigenvalue weighted by Crippen LogP contribution is -2.30. The van der Waals surface area contributed by atoms with E-state index in [0.29, 0.717) is 23.8 Å². The fourth-order valence-corrected chi connectivity index (χ4v) is 3.54. The molecule has 1 aliphatic rings. The molecular weight excluding hydrogens is 362 g/mol. The van der Waals surface area contributed by atoms with E-state index in [1.54, 1.807) is 13.0 Å². The maximum absolute atomic E-state index is 12.4. The molecule has 1 saturated heterocycles. The van der Waals surface area contributed by atoms with Gasteiger partial charge in [0.15, 0.2) is 0 Å². The number of imide groups is 1. The number of nitrogens with one attached hydrogen (secondary N) is 1. The third-order valence-electron chi connectivity index (χ3n) is 4.70. The molecule has 0 atom stereocenters. The van der Waals surface area contributed by atoms with Crippen LogP contribution in [0.3, 0.4) is 0 Å². The first-order chi connectivity index (χ1) is 13.1. The summed E-state index contributed by atoms with van der Waals surface area (Å²) < 4.78 is 2.10. The largest absolute Gasteiger partial charge is 0.342 e. The van der Waals surface area contributed by atoms with Gasteiger partial charge in [0.05, 0.1) is 0 Å². The quantitative estimate of drug-likeness (QED) is 0.544. The molecule has 0 saturated carbocycles. The topological polar surface area (TPSA) is 54.3 Å². The highest BCUT2D eigenvalue weighted by Gasteiger charge is 2.32. The Labute approximate surface area is 161 Å². The molecule has 3 aromatic rings. The fourth-order valence-electron chi connectivity index (χ4n) is 3.35. The molecule has 27 heavy (non-hydrogen) atoms. The minimum absolute atomic E-state index is 0.294. The minimum Gasteiger partial charge on any atom is -0.342 e. The van der Waals surface area contributed by atoms with Gasteiger partial charge >= 0.3 is 6.03 Å². The average molecular weight is 380 g/mol. The van der Waals surface area contributed by atoms with E-state index in [2.05, 4.69) is 9.88 Å². The molecule has 0 unspecified atom stereocenters. The first-order valence-electron chi connectivity index (χ1n) is 8.74. The van der Waals surface area contributed by atoms with Crippen LogP contribution in [0.2, 0.25) is 5.02 Å². The Hall–Kier alpha value is -3.05. The van der Waals surface area contributed by atoms with Crippen LogP contribution in [-0.2, 0) is 11.3 Å². The van der Waals surface area contributed by atoms with E-state index in [1.807, 2.05) is 54.7 Å². The van der Waals surface area contributed by atoms with Crippen LogP contribution in [0.25, 0.3) is 17.0 Å². The molecule has 5 nitrogen and oxygen atoms in total. The molecule has 1 aliphatic heterocycles. The standard InChI is InChI=1S/C21H18ClN3O2/c1-2-25-20(26)18(23-21(25)27)11-15-13-24(19-10-6-4-8-16(15)19)12-14-7-3-5-9-17(14)22/h3-11,13H,2,12H2,1H3,(H,23,27)/b18-11+. The van der Waals surface area contributed by atoms with Crippen LogP contribution in [0.15, 0.2) is 60.4 Å². The third kappa shape index (κ3) is 3.11. The molecule has 0 aliphatic carbocycles. The van der Waals surface area contributed by atoms with Crippen molar-refractivity contribution in [1.29, 1.82) is 0 Å². The zero-order valence-electron chi connectivity index (χ0n) is 14.8. The van der Waals surface area contributed by atoms with Crippen molar-refractivity contribution in [3.8, 4) is 0 Å². The molecule has 4 rings (SSSR count). The third-order valence-corrected chi connectivity index (χ3v) is 5.07. The Bertz CT molecular complexity index is 1080. The predicted octanol–water partition coefficient (Wildman–Crippen LogP) is 4.26. The van der Waals surface area contributed by atoms with E-state index in [4.69, 9.17) is 11.6 Å². The van der Waals surface area contributed by atoms with Gasteiger partial charge in [-0.15, -0.1) is 0 Å². The Morgan fingerprint density at radius 2 is 1.81 bits per heavy atom. The van der Waals surface area contributed by atoms with Gasteiger partial charge in [-0.1, -0.05) is 48.0 Å². The Balaban J connectivity index is 1.77. The molecule has 0 radical (unpaired) electrons. The van der Waals surface area contributed by atoms with Crippen molar-refractivity contribution in [1.82, 2.24) is 14.8 Å². The number of likely N-dealkylation sites (N-methyl/N-ethyl adjacent to an activating group) is 1. The molecule has 1 fully saturated rings. The minimum atomic E-state index is -0.381. The number of urea groups is 1. The van der Waals surface area contributed by atoms with Crippen molar-refractivity contribution >= 4 is 40.5 Å². The second-order valence-electron chi connectivity index (χ2n) is 6.36. The molecule has 2 aromatic carbocycles. The highest BCUT2D eigenvalue weighted by atomic mass is 35.5. The van der Waals surface area contributed by atoms with E-state index < -0.39 is 0 Å². The summed E-state index contributed by atoms with van der Waals surface area (Å²) in [4.78, 5) is 25.5. The van der Waals surface area contributed by atoms with Crippen molar-refractivity contribution < 1.29 is 9.59 Å². The van der Waals surface area contributed by atoms with E-state index in [-0.39, 0.29) is 11.9 Å². The summed E-state index contributed by atoms with van der Waals surface area (Å²) in [6.45, 7) is 2.73. The number of rotatable bonds is 4. The number of hydrogen-bond donors (Lipinski definition) is 1. The highest BCUT2D eigenvalue weighted by molar-refractivity contribution is 6.31. The lowest BCUT2D eigenvalue weighted by molar-refractivity contribution is -0.122. The van der Waals surface area contributed by atoms with Crippen molar-refractivity contribution in [3.63, 3.8) is 0 Å². The number of fused-ring (bicyclic) bond motifs is 1. The molecule has 0 bridgehead atoms. The summed E-state index contributed by atoms with van der Waals surface area (Å²) in [6, 6.07) is 15.3. The Morgan fingerprint density at radius 3 is 2.56 bits per heavy atom. The van der Waals surface area contributed by atoms with Gasteiger partial charge in [-0.2, -0.15) is 0 Å². The summed E-state index contributed by atoms with van der Waals surface area (Å²) in [5.74, 6) is -0.301. The molecule has 136 valence electrons. The van der Waals surface area contributed by atoms with E-state index in [1.165, 1.54) is 4.90 Å². The SMILES string of the molecule is CCN1C(=O)N/C(=C/c2cn(Cc3ccccc3Cl)c3ccccc23)C1=O. The predicted molar refractivity (Wildman–Crippen MR) is 106 cm³/mol. The zero-order chi connectivity index (χ0) is 19.0. The molecule has 3 amide bonds. The van der Waals surface area contributed by atoms with Crippen LogP contribution < -0.4 is 5.32 Å². The van der Waals surface area contributed by atoms with Gasteiger partial charge in [0.1, 0.15) is 5.70 Å². The van der Waals surface area contributed by atoms with Crippen molar-refractivity contribution in [2.24, 2.45) is 0 Å². The molecule has 1 aromatic heterocycles. The Kier molecular flexibility index (Phi) is 4.46. The molecule has 0 spiro atoms. The van der Waals surface area contributed by atoms with Gasteiger partial charge in [-0.25, -0.2) is 4.79 Å². The zero-order valence-corrected chi connectivity index (χ0v) is 15.5. The number of carbonyl (C=O) groups is 2. The highest BCUT2D eigenvalue weighted by Crippen LogP contribution is 2.26. The molecular formula is C21H18ClN3O2. The van der Waals surface area contributed by atoms with Crippen LogP contribution in [0.1, 0.15) is 18.1 Å². The van der Waals surface area contributed by atoms with E-state index in [9.17, 15) is 9.59 Å². The van der Waals surface area contributed by atoms with Crippen LogP contribution in [0.4, 0.5) is 4.79 Å². The number of nitrogens with zero attached hydrogens (tertiary/aromatic N) is 2. The summed E-state index contributed by atoms with van der Waals surface area (Å²) in [5, 5.41) is 4.38. The monoisotopic (exact) mass is 379 g/mol. The maximum Gasteiger partial charge on any atom is 0.328 e. The number of para-hydroxylation sites is 1. The molecule has 1 N–H and O–H groups in total. The lowest BCUT2D eigenvalue weighted by atomic mass is 10.1. The first kappa shape index (κ1) is 17.4.